The molecule has 0 aliphatic heterocycles. The summed E-state index contributed by atoms with van der Waals surface area (Å²) in [6.45, 7) is 11.3. The number of rotatable bonds is 6. The van der Waals surface area contributed by atoms with Crippen LogP contribution in [0.25, 0.3) is 0 Å². The fraction of sp³-hybridized carbons (Fsp3) is 0.500. The summed E-state index contributed by atoms with van der Waals surface area (Å²) in [6.07, 6.45) is 5.98. The Labute approximate surface area is 98.8 Å². The molecule has 1 atom stereocenters. The highest BCUT2D eigenvalue weighted by molar-refractivity contribution is 5.25. The minimum Gasteiger partial charge on any atom is -0.310 e. The van der Waals surface area contributed by atoms with Crippen LogP contribution in [0.1, 0.15) is 43.9 Å². The van der Waals surface area contributed by atoms with Crippen molar-refractivity contribution in [1.29, 1.82) is 0 Å². The minimum absolute atomic E-state index is 0.399. The van der Waals surface area contributed by atoms with Crippen LogP contribution in [0.3, 0.4) is 0 Å². The number of aromatic nitrogens is 1. The first kappa shape index (κ1) is 12.9. The first-order valence-electron chi connectivity index (χ1n) is 5.93. The largest absolute Gasteiger partial charge is 0.310 e. The van der Waals surface area contributed by atoms with Crippen molar-refractivity contribution in [3.8, 4) is 0 Å². The van der Waals surface area contributed by atoms with Gasteiger partial charge < -0.3 is 5.32 Å². The van der Waals surface area contributed by atoms with Crippen LogP contribution >= 0.6 is 0 Å². The number of allylic oxidation sites excluding steroid dienone is 1. The summed E-state index contributed by atoms with van der Waals surface area (Å²) < 4.78 is 0. The molecule has 0 aliphatic carbocycles. The molecule has 88 valence electrons. The lowest BCUT2D eigenvalue weighted by Gasteiger charge is -2.19. The van der Waals surface area contributed by atoms with Gasteiger partial charge in [-0.15, -0.1) is 6.58 Å². The zero-order chi connectivity index (χ0) is 12.0. The number of nitrogens with one attached hydrogen (secondary N) is 1. The van der Waals surface area contributed by atoms with Crippen molar-refractivity contribution in [3.63, 3.8) is 0 Å². The number of hydrogen-bond acceptors (Lipinski definition) is 2. The third kappa shape index (κ3) is 3.78. The summed E-state index contributed by atoms with van der Waals surface area (Å²) in [5.41, 5.74) is 3.86. The lowest BCUT2D eigenvalue weighted by Crippen LogP contribution is -2.21. The average molecular weight is 218 g/mol. The van der Waals surface area contributed by atoms with Gasteiger partial charge in [0, 0.05) is 18.4 Å². The van der Waals surface area contributed by atoms with Crippen LogP contribution in [-0.4, -0.2) is 11.5 Å². The van der Waals surface area contributed by atoms with Crippen molar-refractivity contribution in [2.75, 3.05) is 6.54 Å². The fourth-order valence-corrected chi connectivity index (χ4v) is 1.85. The molecule has 1 aromatic rings. The highest BCUT2D eigenvalue weighted by Crippen LogP contribution is 2.22. The Morgan fingerprint density at radius 3 is 2.88 bits per heavy atom. The molecule has 0 aromatic carbocycles. The number of aryl methyl sites for hydroxylation is 1. The Hall–Kier alpha value is -1.15. The lowest BCUT2D eigenvalue weighted by atomic mass is 9.98. The molecule has 2 heteroatoms. The van der Waals surface area contributed by atoms with Gasteiger partial charge in [0.2, 0.25) is 0 Å². The summed E-state index contributed by atoms with van der Waals surface area (Å²) in [7, 11) is 0. The van der Waals surface area contributed by atoms with Crippen molar-refractivity contribution in [3.05, 3.63) is 41.7 Å². The SMILES string of the molecule is C=C(C)CCC(NCC)c1cnccc1C. The standard InChI is InChI=1S/C14H22N2/c1-5-16-14(7-6-11(2)3)13-10-15-9-8-12(13)4/h8-10,14,16H,2,5-7H2,1,3-4H3. The Balaban J connectivity index is 2.76. The minimum atomic E-state index is 0.399. The molecule has 0 fully saturated rings. The summed E-state index contributed by atoms with van der Waals surface area (Å²) in [6, 6.07) is 2.47. The predicted octanol–water partition coefficient (Wildman–Crippen LogP) is 3.40. The van der Waals surface area contributed by atoms with E-state index >= 15 is 0 Å². The Morgan fingerprint density at radius 1 is 1.56 bits per heavy atom. The Kier molecular flexibility index (Phi) is 5.20. The summed E-state index contributed by atoms with van der Waals surface area (Å²) in [5.74, 6) is 0. The highest BCUT2D eigenvalue weighted by Gasteiger charge is 2.12. The van der Waals surface area contributed by atoms with Gasteiger partial charge in [-0.1, -0.05) is 12.5 Å². The third-order valence-corrected chi connectivity index (χ3v) is 2.77. The summed E-state index contributed by atoms with van der Waals surface area (Å²) in [4.78, 5) is 4.21. The van der Waals surface area contributed by atoms with Gasteiger partial charge in [0.1, 0.15) is 0 Å². The molecule has 1 N–H and O–H groups in total. The van der Waals surface area contributed by atoms with Crippen LogP contribution in [0.5, 0.6) is 0 Å². The van der Waals surface area contributed by atoms with Crippen LogP contribution in [0, 0.1) is 6.92 Å². The van der Waals surface area contributed by atoms with Crippen molar-refractivity contribution >= 4 is 0 Å². The van der Waals surface area contributed by atoms with Crippen LogP contribution in [0.4, 0.5) is 0 Å². The first-order valence-corrected chi connectivity index (χ1v) is 5.93. The Bertz CT molecular complexity index is 344. The molecule has 1 aromatic heterocycles. The second-order valence-corrected chi connectivity index (χ2v) is 4.34. The monoisotopic (exact) mass is 218 g/mol. The van der Waals surface area contributed by atoms with E-state index in [0.29, 0.717) is 6.04 Å². The van der Waals surface area contributed by atoms with E-state index in [1.807, 2.05) is 12.4 Å². The molecule has 1 unspecified atom stereocenters. The van der Waals surface area contributed by atoms with E-state index in [-0.39, 0.29) is 0 Å². The maximum atomic E-state index is 4.21. The Morgan fingerprint density at radius 2 is 2.31 bits per heavy atom. The molecule has 0 saturated heterocycles. The van der Waals surface area contributed by atoms with Crippen molar-refractivity contribution in [1.82, 2.24) is 10.3 Å². The zero-order valence-corrected chi connectivity index (χ0v) is 10.6. The molecule has 16 heavy (non-hydrogen) atoms. The maximum absolute atomic E-state index is 4.21. The van der Waals surface area contributed by atoms with Crippen LogP contribution < -0.4 is 5.32 Å². The van der Waals surface area contributed by atoms with Crippen LogP contribution in [0.2, 0.25) is 0 Å². The maximum Gasteiger partial charge on any atom is 0.0341 e. The fourth-order valence-electron chi connectivity index (χ4n) is 1.85. The van der Waals surface area contributed by atoms with E-state index in [1.165, 1.54) is 16.7 Å². The van der Waals surface area contributed by atoms with Crippen molar-refractivity contribution < 1.29 is 0 Å². The van der Waals surface area contributed by atoms with E-state index in [9.17, 15) is 0 Å². The molecule has 0 radical (unpaired) electrons. The number of pyridine rings is 1. The molecule has 0 saturated carbocycles. The van der Waals surface area contributed by atoms with E-state index in [0.717, 1.165) is 19.4 Å². The summed E-state index contributed by atoms with van der Waals surface area (Å²) >= 11 is 0. The molecular weight excluding hydrogens is 196 g/mol. The smallest absolute Gasteiger partial charge is 0.0341 e. The molecule has 0 spiro atoms. The number of hydrogen-bond donors (Lipinski definition) is 1. The topological polar surface area (TPSA) is 24.9 Å². The quantitative estimate of drug-likeness (QED) is 0.740. The van der Waals surface area contributed by atoms with Gasteiger partial charge >= 0.3 is 0 Å². The normalized spacial score (nSPS) is 12.4. The van der Waals surface area contributed by atoms with E-state index in [1.54, 1.807) is 0 Å². The predicted molar refractivity (Wildman–Crippen MR) is 69.4 cm³/mol. The van der Waals surface area contributed by atoms with Gasteiger partial charge in [0.25, 0.3) is 0 Å². The van der Waals surface area contributed by atoms with Crippen LogP contribution in [0.15, 0.2) is 30.6 Å². The van der Waals surface area contributed by atoms with Gasteiger partial charge in [-0.3, -0.25) is 4.98 Å². The second kappa shape index (κ2) is 6.44. The first-order chi connectivity index (χ1) is 7.65. The number of nitrogens with zero attached hydrogens (tertiary/aromatic N) is 1. The van der Waals surface area contributed by atoms with Gasteiger partial charge in [-0.05, 0) is 50.4 Å². The van der Waals surface area contributed by atoms with Gasteiger partial charge in [0.05, 0.1) is 0 Å². The molecule has 0 bridgehead atoms. The van der Waals surface area contributed by atoms with Crippen molar-refractivity contribution in [2.45, 2.75) is 39.7 Å². The molecule has 2 nitrogen and oxygen atoms in total. The molecule has 1 rings (SSSR count). The van der Waals surface area contributed by atoms with Gasteiger partial charge in [-0.25, -0.2) is 0 Å². The van der Waals surface area contributed by atoms with E-state index in [2.05, 4.69) is 43.7 Å². The molecule has 0 amide bonds. The van der Waals surface area contributed by atoms with E-state index < -0.39 is 0 Å². The van der Waals surface area contributed by atoms with Gasteiger partial charge in [0.15, 0.2) is 0 Å². The lowest BCUT2D eigenvalue weighted by molar-refractivity contribution is 0.511. The van der Waals surface area contributed by atoms with Crippen molar-refractivity contribution in [2.24, 2.45) is 0 Å². The molecule has 0 aliphatic rings. The van der Waals surface area contributed by atoms with Crippen LogP contribution in [-0.2, 0) is 0 Å². The average Bonchev–Trinajstić information content (AvgIpc) is 2.25. The third-order valence-electron chi connectivity index (χ3n) is 2.77. The van der Waals surface area contributed by atoms with E-state index in [4.69, 9.17) is 0 Å². The van der Waals surface area contributed by atoms with Gasteiger partial charge in [-0.2, -0.15) is 0 Å². The zero-order valence-electron chi connectivity index (χ0n) is 10.6. The molecular formula is C14H22N2. The highest BCUT2D eigenvalue weighted by atomic mass is 14.9. The summed E-state index contributed by atoms with van der Waals surface area (Å²) in [5, 5.41) is 3.51. The molecule has 1 heterocycles. The second-order valence-electron chi connectivity index (χ2n) is 4.34.